The summed E-state index contributed by atoms with van der Waals surface area (Å²) in [5, 5.41) is 22.3. The van der Waals surface area contributed by atoms with Crippen molar-refractivity contribution in [1.82, 2.24) is 0 Å². The van der Waals surface area contributed by atoms with E-state index in [9.17, 15) is 15.0 Å². The van der Waals surface area contributed by atoms with Crippen molar-refractivity contribution in [2.24, 2.45) is 0 Å². The third-order valence-corrected chi connectivity index (χ3v) is 3.54. The average Bonchev–Trinajstić information content (AvgIpc) is 2.47. The van der Waals surface area contributed by atoms with Crippen LogP contribution in [0.3, 0.4) is 0 Å². The zero-order chi connectivity index (χ0) is 15.4. The fourth-order valence-electron chi connectivity index (χ4n) is 2.44. The molecule has 0 bridgehead atoms. The largest absolute Gasteiger partial charge is 0.466 e. The summed E-state index contributed by atoms with van der Waals surface area (Å²) < 4.78 is 4.80. The molecule has 0 aromatic heterocycles. The monoisotopic (exact) mass is 288 g/mol. The first-order valence-corrected chi connectivity index (χ1v) is 7.04. The molecule has 0 aliphatic carbocycles. The van der Waals surface area contributed by atoms with Crippen molar-refractivity contribution >= 4 is 16.7 Å². The minimum absolute atomic E-state index is 0.225. The Bertz CT molecular complexity index is 636. The first-order valence-electron chi connectivity index (χ1n) is 7.04. The molecule has 0 saturated heterocycles. The van der Waals surface area contributed by atoms with Gasteiger partial charge in [-0.1, -0.05) is 36.4 Å². The lowest BCUT2D eigenvalue weighted by atomic mass is 9.94. The van der Waals surface area contributed by atoms with Gasteiger partial charge < -0.3 is 14.9 Å². The molecular weight excluding hydrogens is 268 g/mol. The molecule has 2 aromatic carbocycles. The lowest BCUT2D eigenvalue weighted by Crippen LogP contribution is -2.23. The summed E-state index contributed by atoms with van der Waals surface area (Å²) in [7, 11) is 0. The van der Waals surface area contributed by atoms with Gasteiger partial charge in [-0.3, -0.25) is 4.79 Å². The molecule has 0 heterocycles. The van der Waals surface area contributed by atoms with Crippen molar-refractivity contribution in [2.45, 2.75) is 32.5 Å². The van der Waals surface area contributed by atoms with Crippen LogP contribution in [0, 0.1) is 6.92 Å². The molecule has 2 rings (SSSR count). The molecule has 0 amide bonds. The SMILES string of the molecule is CCOC(=O)CC(O)C(O)c1ccc(C)c2ccccc12. The standard InChI is InChI=1S/C17H20O4/c1-3-21-16(19)10-15(18)17(20)14-9-8-11(2)12-6-4-5-7-13(12)14/h4-9,15,17-18,20H,3,10H2,1-2H3. The summed E-state index contributed by atoms with van der Waals surface area (Å²) in [6, 6.07) is 11.4. The first-order chi connectivity index (χ1) is 10.0. The maximum Gasteiger partial charge on any atom is 0.308 e. The van der Waals surface area contributed by atoms with Gasteiger partial charge >= 0.3 is 5.97 Å². The number of carbonyl (C=O) groups is 1. The number of benzene rings is 2. The molecule has 2 N–H and O–H groups in total. The van der Waals surface area contributed by atoms with E-state index in [1.807, 2.05) is 37.3 Å². The van der Waals surface area contributed by atoms with Gasteiger partial charge in [0.15, 0.2) is 0 Å². The van der Waals surface area contributed by atoms with Gasteiger partial charge in [0.1, 0.15) is 6.10 Å². The van der Waals surface area contributed by atoms with Crippen molar-refractivity contribution in [1.29, 1.82) is 0 Å². The average molecular weight is 288 g/mol. The normalized spacial score (nSPS) is 13.9. The lowest BCUT2D eigenvalue weighted by Gasteiger charge is -2.19. The highest BCUT2D eigenvalue weighted by molar-refractivity contribution is 5.89. The van der Waals surface area contributed by atoms with E-state index in [1.165, 1.54) is 0 Å². The lowest BCUT2D eigenvalue weighted by molar-refractivity contribution is -0.147. The second-order valence-corrected chi connectivity index (χ2v) is 5.04. The summed E-state index contributed by atoms with van der Waals surface area (Å²) in [5.74, 6) is -0.513. The number of ether oxygens (including phenoxy) is 1. The maximum absolute atomic E-state index is 11.4. The predicted octanol–water partition coefficient (Wildman–Crippen LogP) is 2.50. The van der Waals surface area contributed by atoms with E-state index in [0.29, 0.717) is 5.56 Å². The molecule has 0 spiro atoms. The van der Waals surface area contributed by atoms with E-state index in [0.717, 1.165) is 16.3 Å². The van der Waals surface area contributed by atoms with Crippen LogP contribution in [0.5, 0.6) is 0 Å². The molecule has 21 heavy (non-hydrogen) atoms. The Morgan fingerprint density at radius 3 is 2.48 bits per heavy atom. The molecule has 0 saturated carbocycles. The van der Waals surface area contributed by atoms with Gasteiger partial charge in [-0.15, -0.1) is 0 Å². The molecule has 4 nitrogen and oxygen atoms in total. The quantitative estimate of drug-likeness (QED) is 0.830. The van der Waals surface area contributed by atoms with Gasteiger partial charge in [-0.25, -0.2) is 0 Å². The highest BCUT2D eigenvalue weighted by Gasteiger charge is 2.23. The van der Waals surface area contributed by atoms with Crippen LogP contribution < -0.4 is 0 Å². The predicted molar refractivity (Wildman–Crippen MR) is 80.9 cm³/mol. The summed E-state index contributed by atoms with van der Waals surface area (Å²) in [6.45, 7) is 3.96. The Balaban J connectivity index is 2.29. The fraction of sp³-hybridized carbons (Fsp3) is 0.353. The van der Waals surface area contributed by atoms with Gasteiger partial charge in [0, 0.05) is 0 Å². The van der Waals surface area contributed by atoms with Crippen molar-refractivity contribution < 1.29 is 19.7 Å². The number of hydrogen-bond acceptors (Lipinski definition) is 4. The molecule has 0 radical (unpaired) electrons. The van der Waals surface area contributed by atoms with Gasteiger partial charge in [0.05, 0.1) is 19.1 Å². The number of esters is 1. The number of rotatable bonds is 5. The molecule has 0 aliphatic rings. The van der Waals surface area contributed by atoms with Crippen LogP contribution in [0.1, 0.15) is 30.6 Å². The van der Waals surface area contributed by atoms with Crippen LogP contribution >= 0.6 is 0 Å². The highest BCUT2D eigenvalue weighted by Crippen LogP contribution is 2.29. The fourth-order valence-corrected chi connectivity index (χ4v) is 2.44. The molecule has 2 atom stereocenters. The van der Waals surface area contributed by atoms with Crippen molar-refractivity contribution in [2.75, 3.05) is 6.61 Å². The van der Waals surface area contributed by atoms with E-state index >= 15 is 0 Å². The van der Waals surface area contributed by atoms with Crippen molar-refractivity contribution in [3.8, 4) is 0 Å². The third kappa shape index (κ3) is 3.40. The number of aryl methyl sites for hydroxylation is 1. The molecular formula is C17H20O4. The second kappa shape index (κ2) is 6.70. The number of aliphatic hydroxyl groups excluding tert-OH is 2. The van der Waals surface area contributed by atoms with E-state index in [1.54, 1.807) is 13.0 Å². The Labute approximate surface area is 124 Å². The summed E-state index contributed by atoms with van der Waals surface area (Å²) in [6.07, 6.45) is -2.54. The van der Waals surface area contributed by atoms with Gasteiger partial charge in [-0.2, -0.15) is 0 Å². The zero-order valence-corrected chi connectivity index (χ0v) is 12.2. The first kappa shape index (κ1) is 15.5. The summed E-state index contributed by atoms with van der Waals surface area (Å²) >= 11 is 0. The van der Waals surface area contributed by atoms with Crippen LogP contribution in [0.2, 0.25) is 0 Å². The number of carbonyl (C=O) groups excluding carboxylic acids is 1. The topological polar surface area (TPSA) is 66.8 Å². The van der Waals surface area contributed by atoms with E-state index < -0.39 is 18.2 Å². The Kier molecular flexibility index (Phi) is 4.94. The van der Waals surface area contributed by atoms with Crippen molar-refractivity contribution in [3.05, 3.63) is 47.5 Å². The number of hydrogen-bond donors (Lipinski definition) is 2. The van der Waals surface area contributed by atoms with Crippen LogP contribution in [-0.2, 0) is 9.53 Å². The van der Waals surface area contributed by atoms with Crippen LogP contribution in [-0.4, -0.2) is 28.9 Å². The van der Waals surface area contributed by atoms with E-state index in [4.69, 9.17) is 4.74 Å². The molecule has 0 fully saturated rings. The molecule has 0 aliphatic heterocycles. The summed E-state index contributed by atoms with van der Waals surface area (Å²) in [5.41, 5.74) is 1.72. The Morgan fingerprint density at radius 1 is 1.14 bits per heavy atom. The van der Waals surface area contributed by atoms with Crippen LogP contribution in [0.4, 0.5) is 0 Å². The van der Waals surface area contributed by atoms with E-state index in [2.05, 4.69) is 0 Å². The molecule has 2 unspecified atom stereocenters. The van der Waals surface area contributed by atoms with Crippen molar-refractivity contribution in [3.63, 3.8) is 0 Å². The number of fused-ring (bicyclic) bond motifs is 1. The smallest absolute Gasteiger partial charge is 0.308 e. The Hall–Kier alpha value is -1.91. The molecule has 2 aromatic rings. The summed E-state index contributed by atoms with van der Waals surface area (Å²) in [4.78, 5) is 11.4. The zero-order valence-electron chi connectivity index (χ0n) is 12.2. The second-order valence-electron chi connectivity index (χ2n) is 5.04. The Morgan fingerprint density at radius 2 is 1.81 bits per heavy atom. The molecule has 4 heteroatoms. The van der Waals surface area contributed by atoms with Gasteiger partial charge in [0.2, 0.25) is 0 Å². The van der Waals surface area contributed by atoms with E-state index in [-0.39, 0.29) is 13.0 Å². The highest BCUT2D eigenvalue weighted by atomic mass is 16.5. The minimum atomic E-state index is -1.19. The van der Waals surface area contributed by atoms with Gasteiger partial charge in [0.25, 0.3) is 0 Å². The number of aliphatic hydroxyl groups is 2. The minimum Gasteiger partial charge on any atom is -0.466 e. The van der Waals surface area contributed by atoms with Gasteiger partial charge in [-0.05, 0) is 35.7 Å². The third-order valence-electron chi connectivity index (χ3n) is 3.54. The van der Waals surface area contributed by atoms with Crippen LogP contribution in [0.15, 0.2) is 36.4 Å². The van der Waals surface area contributed by atoms with Crippen LogP contribution in [0.25, 0.3) is 10.8 Å². The molecule has 112 valence electrons. The maximum atomic E-state index is 11.4.